The number of carboxylic acid groups (broad SMARTS) is 1. The van der Waals surface area contributed by atoms with E-state index in [1.165, 1.54) is 44.2 Å². The Morgan fingerprint density at radius 3 is 2.45 bits per heavy atom. The monoisotopic (exact) mass is 571 g/mol. The van der Waals surface area contributed by atoms with Crippen LogP contribution in [-0.4, -0.2) is 32.1 Å². The maximum absolute atomic E-state index is 14.1. The van der Waals surface area contributed by atoms with Crippen molar-refractivity contribution in [2.45, 2.75) is 37.4 Å². The molecule has 0 fully saturated rings. The number of benzene rings is 3. The highest BCUT2D eigenvalue weighted by Gasteiger charge is 2.40. The van der Waals surface area contributed by atoms with Gasteiger partial charge < -0.3 is 9.84 Å². The van der Waals surface area contributed by atoms with Crippen LogP contribution in [0.25, 0.3) is 11.1 Å². The summed E-state index contributed by atoms with van der Waals surface area (Å²) in [6, 6.07) is 11.8. The first kappa shape index (κ1) is 27.7. The number of halogens is 5. The molecule has 1 heterocycles. The van der Waals surface area contributed by atoms with Crippen molar-refractivity contribution in [1.29, 1.82) is 0 Å². The Balaban J connectivity index is 1.86. The van der Waals surface area contributed by atoms with Crippen LogP contribution in [0, 0.1) is 11.2 Å². The lowest BCUT2D eigenvalue weighted by Crippen LogP contribution is -2.46. The summed E-state index contributed by atoms with van der Waals surface area (Å²) in [6.45, 7) is 2.53. The molecule has 12 heteroatoms. The Morgan fingerprint density at radius 2 is 1.79 bits per heavy atom. The molecule has 0 aromatic heterocycles. The van der Waals surface area contributed by atoms with Gasteiger partial charge in [-0.2, -0.15) is 13.2 Å². The van der Waals surface area contributed by atoms with Gasteiger partial charge in [0, 0.05) is 12.0 Å². The minimum absolute atomic E-state index is 0.00961. The van der Waals surface area contributed by atoms with Crippen molar-refractivity contribution in [3.63, 3.8) is 0 Å². The van der Waals surface area contributed by atoms with E-state index in [1.807, 2.05) is 0 Å². The van der Waals surface area contributed by atoms with Crippen LogP contribution < -0.4 is 9.04 Å². The van der Waals surface area contributed by atoms with Gasteiger partial charge in [-0.25, -0.2) is 12.8 Å². The number of hydrogen-bond donors (Lipinski definition) is 1. The molecular formula is C26H22ClF4NO5S. The van der Waals surface area contributed by atoms with E-state index in [2.05, 4.69) is 0 Å². The van der Waals surface area contributed by atoms with Crippen molar-refractivity contribution in [3.8, 4) is 16.9 Å². The molecule has 1 aliphatic heterocycles. The standard InChI is InChI=1S/C26H22ClF4NO5S/c1-25(2,24(33)34)13-17-14-32(38(35,36)18-6-3-5-16(12-18)26(29,30)31)21-11-15(9-10-22(21)37-17)19-7-4-8-20(28)23(19)27/h3-12,17H,13-14H2,1-2H3,(H,33,34). The number of nitrogens with zero attached hydrogens (tertiary/aromatic N) is 1. The van der Waals surface area contributed by atoms with E-state index >= 15 is 0 Å². The van der Waals surface area contributed by atoms with Crippen molar-refractivity contribution in [2.75, 3.05) is 10.8 Å². The SMILES string of the molecule is CC(C)(CC1CN(S(=O)(=O)c2cccc(C(F)(F)F)c2)c2cc(-c3cccc(F)c3Cl)ccc2O1)C(=O)O. The van der Waals surface area contributed by atoms with Crippen LogP contribution in [0.3, 0.4) is 0 Å². The Kier molecular flexibility index (Phi) is 7.13. The van der Waals surface area contributed by atoms with Crippen molar-refractivity contribution >= 4 is 33.3 Å². The molecule has 1 unspecified atom stereocenters. The molecule has 0 radical (unpaired) electrons. The normalized spacial score (nSPS) is 16.1. The quantitative estimate of drug-likeness (QED) is 0.336. The summed E-state index contributed by atoms with van der Waals surface area (Å²) >= 11 is 6.12. The zero-order valence-electron chi connectivity index (χ0n) is 20.1. The van der Waals surface area contributed by atoms with Crippen LogP contribution in [0.1, 0.15) is 25.8 Å². The second kappa shape index (κ2) is 9.77. The summed E-state index contributed by atoms with van der Waals surface area (Å²) < 4.78 is 88.5. The molecule has 0 amide bonds. The van der Waals surface area contributed by atoms with Gasteiger partial charge in [-0.3, -0.25) is 9.10 Å². The van der Waals surface area contributed by atoms with E-state index < -0.39 is 50.0 Å². The molecule has 0 saturated carbocycles. The molecule has 3 aromatic rings. The van der Waals surface area contributed by atoms with Gasteiger partial charge in [0.2, 0.25) is 0 Å². The summed E-state index contributed by atoms with van der Waals surface area (Å²) in [5.41, 5.74) is -1.84. The second-order valence-electron chi connectivity index (χ2n) is 9.48. The smallest absolute Gasteiger partial charge is 0.416 e. The van der Waals surface area contributed by atoms with E-state index in [0.717, 1.165) is 28.6 Å². The Bertz CT molecular complexity index is 1510. The largest absolute Gasteiger partial charge is 0.486 e. The number of alkyl halides is 3. The summed E-state index contributed by atoms with van der Waals surface area (Å²) in [6.07, 6.45) is -5.80. The predicted octanol–water partition coefficient (Wildman–Crippen LogP) is 6.62. The number of ether oxygens (including phenoxy) is 1. The molecule has 38 heavy (non-hydrogen) atoms. The number of fused-ring (bicyclic) bond motifs is 1. The van der Waals surface area contributed by atoms with E-state index in [-0.39, 0.29) is 35.0 Å². The lowest BCUT2D eigenvalue weighted by atomic mass is 9.86. The Labute approximate surface area is 221 Å². The Morgan fingerprint density at radius 1 is 1.11 bits per heavy atom. The molecule has 0 spiro atoms. The molecule has 3 aromatic carbocycles. The molecule has 0 aliphatic carbocycles. The highest BCUT2D eigenvalue weighted by Crippen LogP contribution is 2.43. The van der Waals surface area contributed by atoms with E-state index in [0.29, 0.717) is 11.6 Å². The van der Waals surface area contributed by atoms with Crippen LogP contribution >= 0.6 is 11.6 Å². The van der Waals surface area contributed by atoms with Gasteiger partial charge in [-0.15, -0.1) is 0 Å². The second-order valence-corrected chi connectivity index (χ2v) is 11.7. The number of sulfonamides is 1. The third-order valence-electron chi connectivity index (χ3n) is 6.22. The lowest BCUT2D eigenvalue weighted by Gasteiger charge is -2.38. The van der Waals surface area contributed by atoms with Gasteiger partial charge in [0.05, 0.1) is 33.1 Å². The molecule has 0 saturated heterocycles. The topological polar surface area (TPSA) is 83.9 Å². The number of anilines is 1. The maximum Gasteiger partial charge on any atom is 0.416 e. The van der Waals surface area contributed by atoms with Gasteiger partial charge in [0.25, 0.3) is 10.0 Å². The maximum atomic E-state index is 14.1. The number of carboxylic acids is 1. The van der Waals surface area contributed by atoms with Crippen molar-refractivity contribution in [1.82, 2.24) is 0 Å². The van der Waals surface area contributed by atoms with E-state index in [4.69, 9.17) is 16.3 Å². The molecule has 0 bridgehead atoms. The number of rotatable bonds is 6. The number of aliphatic carboxylic acids is 1. The molecule has 1 atom stereocenters. The van der Waals surface area contributed by atoms with E-state index in [1.54, 1.807) is 0 Å². The lowest BCUT2D eigenvalue weighted by molar-refractivity contribution is -0.148. The van der Waals surface area contributed by atoms with Crippen LogP contribution in [0.4, 0.5) is 23.2 Å². The van der Waals surface area contributed by atoms with E-state index in [9.17, 15) is 35.9 Å². The zero-order chi connectivity index (χ0) is 28.0. The summed E-state index contributed by atoms with van der Waals surface area (Å²) in [7, 11) is -4.59. The highest BCUT2D eigenvalue weighted by molar-refractivity contribution is 7.92. The highest BCUT2D eigenvalue weighted by atomic mass is 35.5. The fourth-order valence-electron chi connectivity index (χ4n) is 4.16. The first-order valence-corrected chi connectivity index (χ1v) is 13.1. The molecule has 4 rings (SSSR count). The first-order chi connectivity index (χ1) is 17.6. The molecule has 1 N–H and O–H groups in total. The minimum Gasteiger partial charge on any atom is -0.486 e. The van der Waals surface area contributed by atoms with Crippen molar-refractivity contribution < 1.29 is 40.6 Å². The fraction of sp³-hybridized carbons (Fsp3) is 0.269. The van der Waals surface area contributed by atoms with Crippen molar-refractivity contribution in [2.24, 2.45) is 5.41 Å². The molecule has 6 nitrogen and oxygen atoms in total. The summed E-state index contributed by atoms with van der Waals surface area (Å²) in [5, 5.41) is 9.35. The molecular weight excluding hydrogens is 550 g/mol. The van der Waals surface area contributed by atoms with Gasteiger partial charge in [0.1, 0.15) is 17.7 Å². The number of carbonyl (C=O) groups is 1. The van der Waals surface area contributed by atoms with Gasteiger partial charge in [0.15, 0.2) is 0 Å². The third-order valence-corrected chi connectivity index (χ3v) is 8.38. The average molecular weight is 572 g/mol. The van der Waals surface area contributed by atoms with Crippen molar-refractivity contribution in [3.05, 3.63) is 77.1 Å². The van der Waals surface area contributed by atoms with Crippen LogP contribution in [0.2, 0.25) is 5.02 Å². The van der Waals surface area contributed by atoms with Crippen LogP contribution in [0.15, 0.2) is 65.6 Å². The van der Waals surface area contributed by atoms with Crippen LogP contribution in [0.5, 0.6) is 5.75 Å². The van der Waals surface area contributed by atoms with Gasteiger partial charge in [-0.1, -0.05) is 35.9 Å². The zero-order valence-corrected chi connectivity index (χ0v) is 21.7. The van der Waals surface area contributed by atoms with Gasteiger partial charge >= 0.3 is 12.1 Å². The first-order valence-electron chi connectivity index (χ1n) is 11.3. The Hall–Kier alpha value is -3.31. The summed E-state index contributed by atoms with van der Waals surface area (Å²) in [5.74, 6) is -1.76. The molecule has 202 valence electrons. The van der Waals surface area contributed by atoms with Crippen LogP contribution in [-0.2, 0) is 21.0 Å². The fourth-order valence-corrected chi connectivity index (χ4v) is 5.94. The predicted molar refractivity (Wildman–Crippen MR) is 133 cm³/mol. The average Bonchev–Trinajstić information content (AvgIpc) is 2.84. The number of hydrogen-bond acceptors (Lipinski definition) is 4. The molecule has 1 aliphatic rings. The third kappa shape index (κ3) is 5.30. The minimum atomic E-state index is -4.77. The van der Waals surface area contributed by atoms with Gasteiger partial charge in [-0.05, 0) is 55.8 Å². The summed E-state index contributed by atoms with van der Waals surface area (Å²) in [4.78, 5) is 11.1.